The zero-order valence-corrected chi connectivity index (χ0v) is 18.3. The Morgan fingerprint density at radius 2 is 1.55 bits per heavy atom. The number of rotatable bonds is 10. The van der Waals surface area contributed by atoms with Crippen molar-refractivity contribution in [3.8, 4) is 11.1 Å². The first-order chi connectivity index (χ1) is 14.2. The summed E-state index contributed by atoms with van der Waals surface area (Å²) in [5, 5.41) is 0. The number of unbranched alkanes of at least 4 members (excludes halogenated alkanes) is 2. The van der Waals surface area contributed by atoms with E-state index in [4.69, 9.17) is 0 Å². The van der Waals surface area contributed by atoms with Gasteiger partial charge in [0.2, 0.25) is 5.95 Å². The molecule has 1 aliphatic carbocycles. The first kappa shape index (κ1) is 21.9. The molecule has 1 saturated carbocycles. The van der Waals surface area contributed by atoms with Crippen LogP contribution in [-0.2, 0) is 12.8 Å². The van der Waals surface area contributed by atoms with E-state index in [1.165, 1.54) is 63.4 Å². The van der Waals surface area contributed by atoms with Crippen molar-refractivity contribution in [1.29, 1.82) is 0 Å². The molecule has 0 saturated heterocycles. The van der Waals surface area contributed by atoms with E-state index in [0.717, 1.165) is 36.7 Å². The highest BCUT2D eigenvalue weighted by atomic mass is 19.1. The summed E-state index contributed by atoms with van der Waals surface area (Å²) in [6.45, 7) is 4.50. The number of benzene rings is 1. The summed E-state index contributed by atoms with van der Waals surface area (Å²) in [6, 6.07) is 8.20. The van der Waals surface area contributed by atoms with Crippen LogP contribution in [0, 0.1) is 17.8 Å². The lowest BCUT2D eigenvalue weighted by molar-refractivity contribution is 0.251. The van der Waals surface area contributed by atoms with E-state index in [1.54, 1.807) is 6.20 Å². The van der Waals surface area contributed by atoms with Crippen LogP contribution in [0.1, 0.15) is 89.4 Å². The molecule has 2 nitrogen and oxygen atoms in total. The van der Waals surface area contributed by atoms with E-state index >= 15 is 0 Å². The van der Waals surface area contributed by atoms with Crippen molar-refractivity contribution in [2.45, 2.75) is 90.9 Å². The molecular weight excluding hydrogens is 359 g/mol. The van der Waals surface area contributed by atoms with Crippen molar-refractivity contribution in [2.24, 2.45) is 11.8 Å². The predicted molar refractivity (Wildman–Crippen MR) is 119 cm³/mol. The van der Waals surface area contributed by atoms with Gasteiger partial charge >= 0.3 is 0 Å². The molecule has 3 rings (SSSR count). The van der Waals surface area contributed by atoms with Gasteiger partial charge in [-0.2, -0.15) is 4.39 Å². The van der Waals surface area contributed by atoms with Gasteiger partial charge in [-0.1, -0.05) is 89.5 Å². The Morgan fingerprint density at radius 3 is 2.17 bits per heavy atom. The first-order valence-corrected chi connectivity index (χ1v) is 11.8. The zero-order chi connectivity index (χ0) is 20.5. The number of halogens is 1. The van der Waals surface area contributed by atoms with Gasteiger partial charge in [0, 0.05) is 12.6 Å². The molecule has 1 fully saturated rings. The van der Waals surface area contributed by atoms with Crippen LogP contribution in [0.2, 0.25) is 0 Å². The standard InChI is InChI=1S/C26H37FN2/c1-3-5-6-8-21-13-16-23(17-14-21)24-19-28-25(29-26(24)27)18-15-22-11-9-20(7-4-2)10-12-22/h13-14,16-17,19-20,22H,3-12,15,18H2,1-2H3. The molecule has 158 valence electrons. The number of aromatic nitrogens is 2. The smallest absolute Gasteiger partial charge is 0.224 e. The lowest BCUT2D eigenvalue weighted by atomic mass is 9.78. The van der Waals surface area contributed by atoms with Crippen LogP contribution in [-0.4, -0.2) is 9.97 Å². The Hall–Kier alpha value is -1.77. The van der Waals surface area contributed by atoms with Gasteiger partial charge in [-0.25, -0.2) is 9.97 Å². The molecule has 0 radical (unpaired) electrons. The average Bonchev–Trinajstić information content (AvgIpc) is 2.74. The summed E-state index contributed by atoms with van der Waals surface area (Å²) in [6.07, 6.45) is 16.4. The Balaban J connectivity index is 1.52. The van der Waals surface area contributed by atoms with Gasteiger partial charge in [0.1, 0.15) is 5.82 Å². The van der Waals surface area contributed by atoms with Crippen LogP contribution in [0.4, 0.5) is 4.39 Å². The van der Waals surface area contributed by atoms with Crippen molar-refractivity contribution >= 4 is 0 Å². The van der Waals surface area contributed by atoms with Crippen LogP contribution in [0.25, 0.3) is 11.1 Å². The fourth-order valence-corrected chi connectivity index (χ4v) is 4.69. The Morgan fingerprint density at radius 1 is 0.862 bits per heavy atom. The van der Waals surface area contributed by atoms with E-state index in [2.05, 4.69) is 35.9 Å². The van der Waals surface area contributed by atoms with Crippen molar-refractivity contribution in [2.75, 3.05) is 0 Å². The minimum atomic E-state index is -0.389. The van der Waals surface area contributed by atoms with E-state index in [-0.39, 0.29) is 5.95 Å². The SMILES string of the molecule is CCCCCc1ccc(-c2cnc(CCC3CCC(CCC)CC3)nc2F)cc1. The molecule has 0 unspecified atom stereocenters. The lowest BCUT2D eigenvalue weighted by Gasteiger charge is -2.28. The molecule has 0 atom stereocenters. The van der Waals surface area contributed by atoms with E-state index in [1.807, 2.05) is 12.1 Å². The first-order valence-electron chi connectivity index (χ1n) is 11.8. The minimum absolute atomic E-state index is 0.389. The molecule has 0 aliphatic heterocycles. The second-order valence-corrected chi connectivity index (χ2v) is 8.86. The van der Waals surface area contributed by atoms with Crippen molar-refractivity contribution in [1.82, 2.24) is 9.97 Å². The maximum atomic E-state index is 14.6. The highest BCUT2D eigenvalue weighted by Crippen LogP contribution is 2.33. The quantitative estimate of drug-likeness (QED) is 0.306. The van der Waals surface area contributed by atoms with E-state index in [9.17, 15) is 4.39 Å². The van der Waals surface area contributed by atoms with Gasteiger partial charge in [0.05, 0.1) is 5.56 Å². The Labute approximate surface area is 176 Å². The van der Waals surface area contributed by atoms with Gasteiger partial charge in [-0.05, 0) is 42.2 Å². The summed E-state index contributed by atoms with van der Waals surface area (Å²) < 4.78 is 14.6. The topological polar surface area (TPSA) is 25.8 Å². The molecule has 1 aromatic heterocycles. The molecular formula is C26H37FN2. The molecule has 1 aliphatic rings. The summed E-state index contributed by atoms with van der Waals surface area (Å²) >= 11 is 0. The monoisotopic (exact) mass is 396 g/mol. The normalized spacial score (nSPS) is 19.4. The maximum absolute atomic E-state index is 14.6. The molecule has 0 N–H and O–H groups in total. The third-order valence-electron chi connectivity index (χ3n) is 6.57. The molecule has 0 amide bonds. The largest absolute Gasteiger partial charge is 0.241 e. The van der Waals surface area contributed by atoms with Gasteiger partial charge in [-0.15, -0.1) is 0 Å². The van der Waals surface area contributed by atoms with Crippen LogP contribution < -0.4 is 0 Å². The number of hydrogen-bond donors (Lipinski definition) is 0. The Bertz CT molecular complexity index is 733. The van der Waals surface area contributed by atoms with Gasteiger partial charge in [0.15, 0.2) is 0 Å². The highest BCUT2D eigenvalue weighted by Gasteiger charge is 2.21. The zero-order valence-electron chi connectivity index (χ0n) is 18.3. The summed E-state index contributed by atoms with van der Waals surface area (Å²) in [5.74, 6) is 1.95. The molecule has 1 aromatic carbocycles. The van der Waals surface area contributed by atoms with Crippen LogP contribution in [0.15, 0.2) is 30.5 Å². The average molecular weight is 397 g/mol. The van der Waals surface area contributed by atoms with Gasteiger partial charge in [0.25, 0.3) is 0 Å². The van der Waals surface area contributed by atoms with Crippen molar-refractivity contribution < 1.29 is 4.39 Å². The molecule has 0 bridgehead atoms. The molecule has 2 aromatic rings. The fraction of sp³-hybridized carbons (Fsp3) is 0.615. The van der Waals surface area contributed by atoms with Gasteiger partial charge in [-0.3, -0.25) is 0 Å². The minimum Gasteiger partial charge on any atom is -0.241 e. The van der Waals surface area contributed by atoms with Crippen molar-refractivity contribution in [3.63, 3.8) is 0 Å². The van der Waals surface area contributed by atoms with Gasteiger partial charge < -0.3 is 0 Å². The lowest BCUT2D eigenvalue weighted by Crippen LogP contribution is -2.15. The summed E-state index contributed by atoms with van der Waals surface area (Å²) in [7, 11) is 0. The van der Waals surface area contributed by atoms with E-state index < -0.39 is 0 Å². The van der Waals surface area contributed by atoms with Crippen LogP contribution in [0.5, 0.6) is 0 Å². The second-order valence-electron chi connectivity index (χ2n) is 8.86. The predicted octanol–water partition coefficient (Wildman–Crippen LogP) is 7.55. The van der Waals surface area contributed by atoms with Crippen LogP contribution in [0.3, 0.4) is 0 Å². The molecule has 3 heteroatoms. The summed E-state index contributed by atoms with van der Waals surface area (Å²) in [4.78, 5) is 8.66. The molecule has 1 heterocycles. The second kappa shape index (κ2) is 11.4. The fourth-order valence-electron chi connectivity index (χ4n) is 4.69. The van der Waals surface area contributed by atoms with Crippen LogP contribution >= 0.6 is 0 Å². The third-order valence-corrected chi connectivity index (χ3v) is 6.57. The molecule has 29 heavy (non-hydrogen) atoms. The number of hydrogen-bond acceptors (Lipinski definition) is 2. The number of nitrogens with zero attached hydrogens (tertiary/aromatic N) is 2. The van der Waals surface area contributed by atoms with Crippen molar-refractivity contribution in [3.05, 3.63) is 47.8 Å². The van der Waals surface area contributed by atoms with E-state index in [0.29, 0.717) is 11.4 Å². The highest BCUT2D eigenvalue weighted by molar-refractivity contribution is 5.62. The molecule has 0 spiro atoms. The number of aryl methyl sites for hydroxylation is 2. The summed E-state index contributed by atoms with van der Waals surface area (Å²) in [5.41, 5.74) is 2.69. The maximum Gasteiger partial charge on any atom is 0.224 e. The third kappa shape index (κ3) is 6.62. The Kier molecular flexibility index (Phi) is 8.64.